The molecule has 0 spiro atoms. The van der Waals surface area contributed by atoms with Gasteiger partial charge in [0.2, 0.25) is 0 Å². The average Bonchev–Trinajstić information content (AvgIpc) is 2.01. The summed E-state index contributed by atoms with van der Waals surface area (Å²) in [4.78, 5) is 19.5. The molecule has 5 heteroatoms. The van der Waals surface area contributed by atoms with Crippen LogP contribution in [-0.2, 0) is 9.59 Å². The molecule has 1 unspecified atom stereocenters. The number of carboxylic acid groups (broad SMARTS) is 1. The van der Waals surface area contributed by atoms with Crippen molar-refractivity contribution in [3.63, 3.8) is 0 Å². The van der Waals surface area contributed by atoms with E-state index in [0.29, 0.717) is 0 Å². The topological polar surface area (TPSA) is 54.4 Å². The number of aliphatic carboxylic acids is 1. The van der Waals surface area contributed by atoms with Gasteiger partial charge in [-0.3, -0.25) is 4.79 Å². The van der Waals surface area contributed by atoms with Gasteiger partial charge in [-0.2, -0.15) is 0 Å². The predicted octanol–water partition coefficient (Wildman–Crippen LogP) is 1.27. The second kappa shape index (κ2) is 3.93. The number of alkyl halides is 2. The van der Waals surface area contributed by atoms with Crippen LogP contribution in [0.2, 0.25) is 0 Å². The molecular weight excluding hydrogens is 191 g/mol. The van der Waals surface area contributed by atoms with Crippen molar-refractivity contribution in [2.45, 2.75) is 18.2 Å². The third-order valence-corrected chi connectivity index (χ3v) is 2.27. The SMILES string of the molecule is CCC(Cl)(C(=O)O)C(=O)CCl. The molecule has 0 aliphatic rings. The first kappa shape index (κ1) is 10.7. The van der Waals surface area contributed by atoms with Crippen molar-refractivity contribution >= 4 is 35.0 Å². The van der Waals surface area contributed by atoms with Gasteiger partial charge in [-0.15, -0.1) is 11.6 Å². The summed E-state index contributed by atoms with van der Waals surface area (Å²) in [6, 6.07) is 0. The molecule has 0 aliphatic carbocycles. The van der Waals surface area contributed by atoms with Gasteiger partial charge in [-0.05, 0) is 6.42 Å². The number of halogens is 2. The lowest BCUT2D eigenvalue weighted by Crippen LogP contribution is -2.41. The minimum Gasteiger partial charge on any atom is -0.480 e. The first-order valence-electron chi connectivity index (χ1n) is 3.00. The number of hydrogen-bond donors (Lipinski definition) is 1. The van der Waals surface area contributed by atoms with Crippen molar-refractivity contribution in [2.24, 2.45) is 0 Å². The molecule has 0 amide bonds. The summed E-state index contributed by atoms with van der Waals surface area (Å²) in [5.41, 5.74) is 0. The van der Waals surface area contributed by atoms with Crippen molar-refractivity contribution in [1.82, 2.24) is 0 Å². The molecule has 0 saturated heterocycles. The van der Waals surface area contributed by atoms with E-state index in [9.17, 15) is 9.59 Å². The van der Waals surface area contributed by atoms with E-state index in [-0.39, 0.29) is 12.3 Å². The second-order valence-electron chi connectivity index (χ2n) is 2.02. The van der Waals surface area contributed by atoms with Crippen LogP contribution in [0.5, 0.6) is 0 Å². The van der Waals surface area contributed by atoms with Gasteiger partial charge in [0.25, 0.3) is 0 Å². The molecule has 0 aliphatic heterocycles. The highest BCUT2D eigenvalue weighted by Crippen LogP contribution is 2.21. The van der Waals surface area contributed by atoms with Crippen LogP contribution in [0.4, 0.5) is 0 Å². The van der Waals surface area contributed by atoms with E-state index < -0.39 is 16.6 Å². The van der Waals surface area contributed by atoms with Gasteiger partial charge < -0.3 is 5.11 Å². The first-order chi connectivity index (χ1) is 4.99. The van der Waals surface area contributed by atoms with Crippen LogP contribution in [0.15, 0.2) is 0 Å². The van der Waals surface area contributed by atoms with Gasteiger partial charge in [0.05, 0.1) is 5.88 Å². The van der Waals surface area contributed by atoms with Gasteiger partial charge in [0.1, 0.15) is 0 Å². The highest BCUT2D eigenvalue weighted by Gasteiger charge is 2.41. The molecule has 0 saturated carbocycles. The van der Waals surface area contributed by atoms with E-state index in [4.69, 9.17) is 28.3 Å². The molecular formula is C6H8Cl2O3. The molecule has 0 aromatic carbocycles. The van der Waals surface area contributed by atoms with E-state index in [1.165, 1.54) is 6.92 Å². The molecule has 0 radical (unpaired) electrons. The third kappa shape index (κ3) is 2.07. The fraction of sp³-hybridized carbons (Fsp3) is 0.667. The number of carbonyl (C=O) groups excluding carboxylic acids is 1. The number of Topliss-reactive ketones (excluding diaryl/α,β-unsaturated/α-hetero) is 1. The van der Waals surface area contributed by atoms with Gasteiger partial charge in [-0.1, -0.05) is 18.5 Å². The smallest absolute Gasteiger partial charge is 0.332 e. The molecule has 0 aromatic heterocycles. The van der Waals surface area contributed by atoms with E-state index in [2.05, 4.69) is 0 Å². The lowest BCUT2D eigenvalue weighted by Gasteiger charge is -2.16. The van der Waals surface area contributed by atoms with E-state index >= 15 is 0 Å². The summed E-state index contributed by atoms with van der Waals surface area (Å²) in [5.74, 6) is -2.38. The maximum absolute atomic E-state index is 10.9. The Balaban J connectivity index is 4.59. The predicted molar refractivity (Wildman–Crippen MR) is 42.2 cm³/mol. The van der Waals surface area contributed by atoms with Crippen molar-refractivity contribution < 1.29 is 14.7 Å². The Morgan fingerprint density at radius 3 is 2.09 bits per heavy atom. The quantitative estimate of drug-likeness (QED) is 0.547. The van der Waals surface area contributed by atoms with Crippen molar-refractivity contribution in [3.8, 4) is 0 Å². The molecule has 0 heterocycles. The number of hydrogen-bond acceptors (Lipinski definition) is 2. The molecule has 0 fully saturated rings. The largest absolute Gasteiger partial charge is 0.480 e. The number of carbonyl (C=O) groups is 2. The zero-order valence-electron chi connectivity index (χ0n) is 5.93. The summed E-state index contributed by atoms with van der Waals surface area (Å²) in [5, 5.41) is 8.52. The summed E-state index contributed by atoms with van der Waals surface area (Å²) in [6.45, 7) is 1.52. The highest BCUT2D eigenvalue weighted by atomic mass is 35.5. The fourth-order valence-corrected chi connectivity index (χ4v) is 0.937. The Bertz CT molecular complexity index is 181. The van der Waals surface area contributed by atoms with Crippen molar-refractivity contribution in [2.75, 3.05) is 5.88 Å². The number of rotatable bonds is 4. The normalized spacial score (nSPS) is 15.5. The van der Waals surface area contributed by atoms with Crippen LogP contribution in [0.25, 0.3) is 0 Å². The van der Waals surface area contributed by atoms with Crippen LogP contribution in [0.3, 0.4) is 0 Å². The van der Waals surface area contributed by atoms with Gasteiger partial charge >= 0.3 is 5.97 Å². The summed E-state index contributed by atoms with van der Waals surface area (Å²) < 4.78 is 0. The van der Waals surface area contributed by atoms with Gasteiger partial charge in [0.15, 0.2) is 10.7 Å². The maximum atomic E-state index is 10.9. The monoisotopic (exact) mass is 198 g/mol. The lowest BCUT2D eigenvalue weighted by molar-refractivity contribution is -0.143. The van der Waals surface area contributed by atoms with Crippen molar-refractivity contribution in [3.05, 3.63) is 0 Å². The number of carboxylic acids is 1. The minimum absolute atomic E-state index is 0.0371. The standard InChI is InChI=1S/C6H8Cl2O3/c1-2-6(8,5(10)11)4(9)3-7/h2-3H2,1H3,(H,10,11). The van der Waals surface area contributed by atoms with E-state index in [1.54, 1.807) is 0 Å². The molecule has 0 aromatic rings. The molecule has 11 heavy (non-hydrogen) atoms. The molecule has 0 bridgehead atoms. The number of ketones is 1. The van der Waals surface area contributed by atoms with Crippen LogP contribution in [0, 0.1) is 0 Å². The summed E-state index contributed by atoms with van der Waals surface area (Å²) in [7, 11) is 0. The molecule has 0 rings (SSSR count). The van der Waals surface area contributed by atoms with Crippen LogP contribution >= 0.6 is 23.2 Å². The maximum Gasteiger partial charge on any atom is 0.332 e. The molecule has 1 N–H and O–H groups in total. The zero-order valence-corrected chi connectivity index (χ0v) is 7.45. The van der Waals surface area contributed by atoms with E-state index in [1.807, 2.05) is 0 Å². The molecule has 3 nitrogen and oxygen atoms in total. The average molecular weight is 199 g/mol. The van der Waals surface area contributed by atoms with Gasteiger partial charge in [-0.25, -0.2) is 4.79 Å². The summed E-state index contributed by atoms with van der Waals surface area (Å²) in [6.07, 6.45) is 0.0371. The Morgan fingerprint density at radius 1 is 1.55 bits per heavy atom. The van der Waals surface area contributed by atoms with Crippen LogP contribution in [-0.4, -0.2) is 27.6 Å². The minimum atomic E-state index is -1.83. The Kier molecular flexibility index (Phi) is 3.83. The zero-order chi connectivity index (χ0) is 9.07. The molecule has 64 valence electrons. The van der Waals surface area contributed by atoms with Crippen molar-refractivity contribution in [1.29, 1.82) is 0 Å². The fourth-order valence-electron chi connectivity index (χ4n) is 0.574. The van der Waals surface area contributed by atoms with Gasteiger partial charge in [0, 0.05) is 0 Å². The Morgan fingerprint density at radius 2 is 2.00 bits per heavy atom. The Hall–Kier alpha value is -0.280. The third-order valence-electron chi connectivity index (χ3n) is 1.39. The van der Waals surface area contributed by atoms with Crippen LogP contribution < -0.4 is 0 Å². The highest BCUT2D eigenvalue weighted by molar-refractivity contribution is 6.49. The first-order valence-corrected chi connectivity index (χ1v) is 3.91. The second-order valence-corrected chi connectivity index (χ2v) is 2.93. The Labute approximate surface area is 74.3 Å². The van der Waals surface area contributed by atoms with Crippen LogP contribution in [0.1, 0.15) is 13.3 Å². The molecule has 1 atom stereocenters. The summed E-state index contributed by atoms with van der Waals surface area (Å²) >= 11 is 10.6. The lowest BCUT2D eigenvalue weighted by atomic mass is 10.0. The van der Waals surface area contributed by atoms with E-state index in [0.717, 1.165) is 0 Å².